The zero-order chi connectivity index (χ0) is 12.6. The maximum atomic E-state index is 10.4. The second kappa shape index (κ2) is 4.96. The molecular formula is C12H20ClN3O. The molecule has 1 aromatic rings. The molecule has 5 heteroatoms. The van der Waals surface area contributed by atoms with E-state index in [1.807, 2.05) is 7.05 Å². The molecule has 1 aliphatic heterocycles. The fourth-order valence-electron chi connectivity index (χ4n) is 2.42. The van der Waals surface area contributed by atoms with Crippen LogP contribution in [0.2, 0.25) is 5.15 Å². The van der Waals surface area contributed by atoms with Crippen LogP contribution in [0.1, 0.15) is 50.0 Å². The molecule has 96 valence electrons. The van der Waals surface area contributed by atoms with Crippen molar-refractivity contribution in [2.75, 3.05) is 6.54 Å². The Morgan fingerprint density at radius 2 is 2.24 bits per heavy atom. The highest BCUT2D eigenvalue weighted by molar-refractivity contribution is 6.30. The third-order valence-electron chi connectivity index (χ3n) is 3.36. The van der Waals surface area contributed by atoms with Crippen LogP contribution in [-0.4, -0.2) is 27.5 Å². The van der Waals surface area contributed by atoms with E-state index in [9.17, 15) is 5.11 Å². The van der Waals surface area contributed by atoms with Crippen LogP contribution in [0.3, 0.4) is 0 Å². The van der Waals surface area contributed by atoms with Gasteiger partial charge in [-0.2, -0.15) is 5.10 Å². The van der Waals surface area contributed by atoms with Gasteiger partial charge >= 0.3 is 0 Å². The van der Waals surface area contributed by atoms with Gasteiger partial charge in [0.05, 0.1) is 11.8 Å². The van der Waals surface area contributed by atoms with Crippen molar-refractivity contribution in [1.29, 1.82) is 0 Å². The van der Waals surface area contributed by atoms with Crippen LogP contribution in [0.5, 0.6) is 0 Å². The molecule has 1 saturated heterocycles. The van der Waals surface area contributed by atoms with Gasteiger partial charge < -0.3 is 10.4 Å². The van der Waals surface area contributed by atoms with Gasteiger partial charge in [0, 0.05) is 18.7 Å². The highest BCUT2D eigenvalue weighted by Crippen LogP contribution is 2.34. The van der Waals surface area contributed by atoms with E-state index in [-0.39, 0.29) is 12.0 Å². The third-order valence-corrected chi connectivity index (χ3v) is 3.81. The van der Waals surface area contributed by atoms with Crippen LogP contribution < -0.4 is 5.32 Å². The van der Waals surface area contributed by atoms with Gasteiger partial charge in [0.15, 0.2) is 0 Å². The van der Waals surface area contributed by atoms with E-state index < -0.39 is 6.10 Å². The molecule has 0 aromatic carbocycles. The Balaban J connectivity index is 2.35. The number of aliphatic hydroxyl groups excluding tert-OH is 1. The zero-order valence-corrected chi connectivity index (χ0v) is 11.3. The van der Waals surface area contributed by atoms with Gasteiger partial charge in [-0.1, -0.05) is 25.4 Å². The molecular weight excluding hydrogens is 238 g/mol. The van der Waals surface area contributed by atoms with Gasteiger partial charge in [-0.25, -0.2) is 0 Å². The van der Waals surface area contributed by atoms with E-state index in [2.05, 4.69) is 24.3 Å². The second-order valence-electron chi connectivity index (χ2n) is 5.02. The Bertz CT molecular complexity index is 397. The standard InChI is InChI=1S/C12H20ClN3O/c1-7(2)10-9(12(13)16(3)15-10)11(17)8-5-4-6-14-8/h7-8,11,14,17H,4-6H2,1-3H3. The summed E-state index contributed by atoms with van der Waals surface area (Å²) in [4.78, 5) is 0. The summed E-state index contributed by atoms with van der Waals surface area (Å²) in [5, 5.41) is 18.7. The largest absolute Gasteiger partial charge is 0.387 e. The predicted molar refractivity (Wildman–Crippen MR) is 68.3 cm³/mol. The minimum atomic E-state index is -0.559. The van der Waals surface area contributed by atoms with Crippen molar-refractivity contribution in [2.24, 2.45) is 7.05 Å². The first-order valence-corrected chi connectivity index (χ1v) is 6.54. The van der Waals surface area contributed by atoms with Crippen LogP contribution in [0.15, 0.2) is 0 Å². The van der Waals surface area contributed by atoms with Gasteiger partial charge in [-0.3, -0.25) is 4.68 Å². The van der Waals surface area contributed by atoms with Gasteiger partial charge in [0.2, 0.25) is 0 Å². The highest BCUT2D eigenvalue weighted by atomic mass is 35.5. The molecule has 0 saturated carbocycles. The normalized spacial score (nSPS) is 22.4. The molecule has 0 spiro atoms. The fourth-order valence-corrected chi connectivity index (χ4v) is 2.67. The summed E-state index contributed by atoms with van der Waals surface area (Å²) in [7, 11) is 1.81. The molecule has 17 heavy (non-hydrogen) atoms. The Hall–Kier alpha value is -0.580. The van der Waals surface area contributed by atoms with E-state index in [4.69, 9.17) is 11.6 Å². The minimum absolute atomic E-state index is 0.106. The molecule has 1 fully saturated rings. The SMILES string of the molecule is CC(C)c1nn(C)c(Cl)c1C(O)C1CCCN1. The van der Waals surface area contributed by atoms with E-state index in [1.165, 1.54) is 0 Å². The monoisotopic (exact) mass is 257 g/mol. The number of nitrogens with zero attached hydrogens (tertiary/aromatic N) is 2. The lowest BCUT2D eigenvalue weighted by Crippen LogP contribution is -2.29. The number of hydrogen-bond donors (Lipinski definition) is 2. The molecule has 0 amide bonds. The Morgan fingerprint density at radius 1 is 1.53 bits per heavy atom. The van der Waals surface area contributed by atoms with Crippen molar-refractivity contribution in [2.45, 2.75) is 44.8 Å². The van der Waals surface area contributed by atoms with Gasteiger partial charge in [0.25, 0.3) is 0 Å². The lowest BCUT2D eigenvalue weighted by Gasteiger charge is -2.19. The smallest absolute Gasteiger partial charge is 0.132 e. The molecule has 2 N–H and O–H groups in total. The van der Waals surface area contributed by atoms with Crippen molar-refractivity contribution in [3.05, 3.63) is 16.4 Å². The number of hydrogen-bond acceptors (Lipinski definition) is 3. The third kappa shape index (κ3) is 2.34. The van der Waals surface area contributed by atoms with Gasteiger partial charge in [0.1, 0.15) is 5.15 Å². The van der Waals surface area contributed by atoms with Gasteiger partial charge in [-0.05, 0) is 25.3 Å². The van der Waals surface area contributed by atoms with E-state index >= 15 is 0 Å². The number of nitrogens with one attached hydrogen (secondary N) is 1. The first kappa shape index (κ1) is 12.9. The molecule has 1 aromatic heterocycles. The van der Waals surface area contributed by atoms with Crippen molar-refractivity contribution in [3.63, 3.8) is 0 Å². The van der Waals surface area contributed by atoms with Crippen molar-refractivity contribution >= 4 is 11.6 Å². The summed E-state index contributed by atoms with van der Waals surface area (Å²) >= 11 is 6.24. The Kier molecular flexibility index (Phi) is 3.76. The average molecular weight is 258 g/mol. The molecule has 0 aliphatic carbocycles. The first-order valence-electron chi connectivity index (χ1n) is 6.16. The summed E-state index contributed by atoms with van der Waals surface area (Å²) in [6.45, 7) is 5.10. The number of aliphatic hydroxyl groups is 1. The van der Waals surface area contributed by atoms with Crippen molar-refractivity contribution in [1.82, 2.24) is 15.1 Å². The van der Waals surface area contributed by atoms with Crippen LogP contribution >= 0.6 is 11.6 Å². The second-order valence-corrected chi connectivity index (χ2v) is 5.37. The first-order chi connectivity index (χ1) is 8.02. The molecule has 0 bridgehead atoms. The number of rotatable bonds is 3. The fraction of sp³-hybridized carbons (Fsp3) is 0.750. The van der Waals surface area contributed by atoms with Gasteiger partial charge in [-0.15, -0.1) is 0 Å². The molecule has 4 nitrogen and oxygen atoms in total. The quantitative estimate of drug-likeness (QED) is 0.871. The van der Waals surface area contributed by atoms with Crippen LogP contribution in [-0.2, 0) is 7.05 Å². The summed E-state index contributed by atoms with van der Waals surface area (Å²) < 4.78 is 1.64. The molecule has 1 aliphatic rings. The Morgan fingerprint density at radius 3 is 2.76 bits per heavy atom. The lowest BCUT2D eigenvalue weighted by atomic mass is 9.97. The summed E-state index contributed by atoms with van der Waals surface area (Å²) in [6, 6.07) is 0.106. The highest BCUT2D eigenvalue weighted by Gasteiger charge is 2.30. The molecule has 2 atom stereocenters. The maximum Gasteiger partial charge on any atom is 0.132 e. The molecule has 2 unspecified atom stereocenters. The van der Waals surface area contributed by atoms with Crippen LogP contribution in [0.25, 0.3) is 0 Å². The summed E-state index contributed by atoms with van der Waals surface area (Å²) in [6.07, 6.45) is 1.54. The molecule has 0 radical (unpaired) electrons. The van der Waals surface area contributed by atoms with Crippen molar-refractivity contribution in [3.8, 4) is 0 Å². The lowest BCUT2D eigenvalue weighted by molar-refractivity contribution is 0.136. The summed E-state index contributed by atoms with van der Waals surface area (Å²) in [5.41, 5.74) is 1.70. The molecule has 2 heterocycles. The average Bonchev–Trinajstić information content (AvgIpc) is 2.88. The number of aromatic nitrogens is 2. The van der Waals surface area contributed by atoms with Crippen LogP contribution in [0, 0.1) is 0 Å². The molecule has 2 rings (SSSR count). The van der Waals surface area contributed by atoms with E-state index in [1.54, 1.807) is 4.68 Å². The minimum Gasteiger partial charge on any atom is -0.387 e. The maximum absolute atomic E-state index is 10.4. The number of halogens is 1. The Labute approximate surface area is 107 Å². The predicted octanol–water partition coefficient (Wildman–Crippen LogP) is 1.98. The van der Waals surface area contributed by atoms with E-state index in [0.29, 0.717) is 5.15 Å². The zero-order valence-electron chi connectivity index (χ0n) is 10.6. The van der Waals surface area contributed by atoms with Crippen molar-refractivity contribution < 1.29 is 5.11 Å². The summed E-state index contributed by atoms with van der Waals surface area (Å²) in [5.74, 6) is 0.264. The number of aryl methyl sites for hydroxylation is 1. The topological polar surface area (TPSA) is 50.1 Å². The van der Waals surface area contributed by atoms with E-state index in [0.717, 1.165) is 30.6 Å². The van der Waals surface area contributed by atoms with Crippen LogP contribution in [0.4, 0.5) is 0 Å².